The number of hydrogen-bond acceptors (Lipinski definition) is 5. The highest BCUT2D eigenvalue weighted by Crippen LogP contribution is 2.32. The van der Waals surface area contributed by atoms with E-state index >= 15 is 0 Å². The van der Waals surface area contributed by atoms with Crippen molar-refractivity contribution in [3.63, 3.8) is 0 Å². The molecule has 0 N–H and O–H groups in total. The van der Waals surface area contributed by atoms with Crippen LogP contribution in [0.3, 0.4) is 0 Å². The zero-order chi connectivity index (χ0) is 22.6. The summed E-state index contributed by atoms with van der Waals surface area (Å²) in [7, 11) is 0. The highest BCUT2D eigenvalue weighted by atomic mass is 16.5. The van der Waals surface area contributed by atoms with Crippen molar-refractivity contribution in [1.82, 2.24) is 14.7 Å². The van der Waals surface area contributed by atoms with Gasteiger partial charge in [-0.1, -0.05) is 30.3 Å². The summed E-state index contributed by atoms with van der Waals surface area (Å²) in [6.07, 6.45) is 7.34. The van der Waals surface area contributed by atoms with Crippen LogP contribution in [0.25, 0.3) is 23.1 Å². The fourth-order valence-corrected chi connectivity index (χ4v) is 4.79. The first-order chi connectivity index (χ1) is 16.2. The quantitative estimate of drug-likeness (QED) is 0.561. The van der Waals surface area contributed by atoms with E-state index < -0.39 is 0 Å². The maximum absolute atomic E-state index is 9.57. The van der Waals surface area contributed by atoms with E-state index in [1.54, 1.807) is 0 Å². The second-order valence-corrected chi connectivity index (χ2v) is 8.86. The van der Waals surface area contributed by atoms with Gasteiger partial charge in [-0.2, -0.15) is 10.4 Å². The van der Waals surface area contributed by atoms with Crippen LogP contribution in [-0.2, 0) is 16.0 Å². The Morgan fingerprint density at radius 1 is 1.12 bits per heavy atom. The van der Waals surface area contributed by atoms with Gasteiger partial charge >= 0.3 is 0 Å². The summed E-state index contributed by atoms with van der Waals surface area (Å²) < 4.78 is 13.5. The lowest BCUT2D eigenvalue weighted by atomic mass is 10.0. The summed E-state index contributed by atoms with van der Waals surface area (Å²) in [6, 6.07) is 14.9. The Bertz CT molecular complexity index is 1190. The van der Waals surface area contributed by atoms with E-state index in [1.807, 2.05) is 23.7 Å². The Kier molecular flexibility index (Phi) is 6.54. The molecule has 3 heterocycles. The zero-order valence-corrected chi connectivity index (χ0v) is 19.2. The summed E-state index contributed by atoms with van der Waals surface area (Å²) in [6.45, 7) is 7.29. The molecule has 2 aliphatic rings. The standard InChI is InChI=1S/C27H30N4O2/c1-20-23(18-28)9-11-25-27(20)24(29-31(25)26-7-2-3-14-33-26)10-8-21-5-4-6-22(17-21)19-30-12-15-32-16-13-30/h4-6,8-11,17,26H,2-3,7,12-16,19H2,1H3. The van der Waals surface area contributed by atoms with Crippen molar-refractivity contribution in [1.29, 1.82) is 5.26 Å². The molecular weight excluding hydrogens is 412 g/mol. The fraction of sp³-hybridized carbons (Fsp3) is 0.407. The lowest BCUT2D eigenvalue weighted by Gasteiger charge is -2.26. The van der Waals surface area contributed by atoms with Gasteiger partial charge in [-0.05, 0) is 61.1 Å². The Balaban J connectivity index is 1.47. The molecule has 0 saturated carbocycles. The largest absolute Gasteiger partial charge is 0.379 e. The fourth-order valence-electron chi connectivity index (χ4n) is 4.79. The number of fused-ring (bicyclic) bond motifs is 1. The minimum absolute atomic E-state index is 0.0485. The molecule has 1 unspecified atom stereocenters. The topological polar surface area (TPSA) is 63.3 Å². The van der Waals surface area contributed by atoms with Gasteiger partial charge in [-0.15, -0.1) is 0 Å². The average Bonchev–Trinajstić information content (AvgIpc) is 3.24. The predicted molar refractivity (Wildman–Crippen MR) is 129 cm³/mol. The van der Waals surface area contributed by atoms with Crippen molar-refractivity contribution in [2.75, 3.05) is 32.9 Å². The first-order valence-corrected chi connectivity index (χ1v) is 11.8. The van der Waals surface area contributed by atoms with Crippen LogP contribution in [0.2, 0.25) is 0 Å². The molecule has 0 amide bonds. The lowest BCUT2D eigenvalue weighted by Crippen LogP contribution is -2.35. The summed E-state index contributed by atoms with van der Waals surface area (Å²) in [5, 5.41) is 15.6. The smallest absolute Gasteiger partial charge is 0.150 e. The van der Waals surface area contributed by atoms with Gasteiger partial charge in [0, 0.05) is 31.6 Å². The SMILES string of the molecule is Cc1c(C#N)ccc2c1c(C=Cc1cccc(CN3CCOCC3)c1)nn2C1CCCCO1. The van der Waals surface area contributed by atoms with Crippen LogP contribution in [0.1, 0.15) is 53.4 Å². The molecule has 2 saturated heterocycles. The monoisotopic (exact) mass is 442 g/mol. The van der Waals surface area contributed by atoms with Gasteiger partial charge in [0.05, 0.1) is 36.1 Å². The summed E-state index contributed by atoms with van der Waals surface area (Å²) in [4.78, 5) is 2.43. The van der Waals surface area contributed by atoms with Crippen molar-refractivity contribution in [3.8, 4) is 6.07 Å². The van der Waals surface area contributed by atoms with Crippen LogP contribution in [0.4, 0.5) is 0 Å². The first kappa shape index (κ1) is 21.8. The predicted octanol–water partition coefficient (Wildman–Crippen LogP) is 4.92. The van der Waals surface area contributed by atoms with Crippen molar-refractivity contribution < 1.29 is 9.47 Å². The molecule has 0 spiro atoms. The lowest BCUT2D eigenvalue weighted by molar-refractivity contribution is -0.0367. The second kappa shape index (κ2) is 9.88. The molecule has 2 aliphatic heterocycles. The van der Waals surface area contributed by atoms with E-state index in [0.717, 1.165) is 86.4 Å². The van der Waals surface area contributed by atoms with E-state index in [2.05, 4.69) is 47.4 Å². The molecule has 0 bridgehead atoms. The Labute approximate surface area is 195 Å². The van der Waals surface area contributed by atoms with E-state index in [1.165, 1.54) is 5.56 Å². The maximum atomic E-state index is 9.57. The molecule has 5 rings (SSSR count). The number of aryl methyl sites for hydroxylation is 1. The van der Waals surface area contributed by atoms with E-state index in [4.69, 9.17) is 14.6 Å². The molecule has 6 heteroatoms. The second-order valence-electron chi connectivity index (χ2n) is 8.86. The number of nitrogens with zero attached hydrogens (tertiary/aromatic N) is 4. The summed E-state index contributed by atoms with van der Waals surface area (Å²) >= 11 is 0. The number of ether oxygens (including phenoxy) is 2. The van der Waals surface area contributed by atoms with Gasteiger partial charge < -0.3 is 9.47 Å². The number of rotatable bonds is 5. The van der Waals surface area contributed by atoms with Crippen molar-refractivity contribution >= 4 is 23.1 Å². The van der Waals surface area contributed by atoms with Gasteiger partial charge in [0.2, 0.25) is 0 Å². The van der Waals surface area contributed by atoms with Crippen LogP contribution in [-0.4, -0.2) is 47.6 Å². The highest BCUT2D eigenvalue weighted by molar-refractivity contribution is 5.93. The minimum Gasteiger partial charge on any atom is -0.379 e. The minimum atomic E-state index is -0.0485. The van der Waals surface area contributed by atoms with Crippen LogP contribution >= 0.6 is 0 Å². The van der Waals surface area contributed by atoms with Crippen LogP contribution in [0, 0.1) is 18.3 Å². The van der Waals surface area contributed by atoms with E-state index in [0.29, 0.717) is 5.56 Å². The third-order valence-electron chi connectivity index (χ3n) is 6.60. The first-order valence-electron chi connectivity index (χ1n) is 11.8. The van der Waals surface area contributed by atoms with Crippen LogP contribution in [0.15, 0.2) is 36.4 Å². The summed E-state index contributed by atoms with van der Waals surface area (Å²) in [5.41, 5.74) is 6.01. The number of nitriles is 1. The molecule has 33 heavy (non-hydrogen) atoms. The highest BCUT2D eigenvalue weighted by Gasteiger charge is 2.22. The number of benzene rings is 2. The number of morpholine rings is 1. The molecule has 0 aliphatic carbocycles. The molecule has 0 radical (unpaired) electrons. The molecule has 6 nitrogen and oxygen atoms in total. The third kappa shape index (κ3) is 4.72. The molecule has 3 aromatic rings. The third-order valence-corrected chi connectivity index (χ3v) is 6.60. The van der Waals surface area contributed by atoms with Gasteiger partial charge in [-0.3, -0.25) is 4.90 Å². The van der Waals surface area contributed by atoms with Crippen LogP contribution < -0.4 is 0 Å². The Hall–Kier alpha value is -2.98. The summed E-state index contributed by atoms with van der Waals surface area (Å²) in [5.74, 6) is 0. The van der Waals surface area contributed by atoms with Gasteiger partial charge in [0.15, 0.2) is 6.23 Å². The van der Waals surface area contributed by atoms with Gasteiger partial charge in [0.1, 0.15) is 0 Å². The average molecular weight is 443 g/mol. The molecule has 1 aromatic heterocycles. The van der Waals surface area contributed by atoms with Crippen LogP contribution in [0.5, 0.6) is 0 Å². The molecule has 2 aromatic carbocycles. The Morgan fingerprint density at radius 3 is 2.79 bits per heavy atom. The number of hydrogen-bond donors (Lipinski definition) is 0. The number of aromatic nitrogens is 2. The van der Waals surface area contributed by atoms with Crippen molar-refractivity contribution in [2.45, 2.75) is 39.0 Å². The van der Waals surface area contributed by atoms with Crippen molar-refractivity contribution in [3.05, 3.63) is 64.3 Å². The van der Waals surface area contributed by atoms with Gasteiger partial charge in [-0.25, -0.2) is 4.68 Å². The van der Waals surface area contributed by atoms with Crippen molar-refractivity contribution in [2.24, 2.45) is 0 Å². The zero-order valence-electron chi connectivity index (χ0n) is 19.2. The Morgan fingerprint density at radius 2 is 2.00 bits per heavy atom. The maximum Gasteiger partial charge on any atom is 0.150 e. The molecular formula is C27H30N4O2. The molecule has 1 atom stereocenters. The molecule has 2 fully saturated rings. The van der Waals surface area contributed by atoms with Gasteiger partial charge in [0.25, 0.3) is 0 Å². The molecule has 170 valence electrons. The van der Waals surface area contributed by atoms with E-state index in [-0.39, 0.29) is 6.23 Å². The normalized spacial score (nSPS) is 19.8. The van der Waals surface area contributed by atoms with E-state index in [9.17, 15) is 5.26 Å².